The molecule has 0 radical (unpaired) electrons. The Morgan fingerprint density at radius 3 is 2.05 bits per heavy atom. The molecule has 1 atom stereocenters. The van der Waals surface area contributed by atoms with Crippen molar-refractivity contribution in [2.75, 3.05) is 13.2 Å². The van der Waals surface area contributed by atoms with Gasteiger partial charge in [0.1, 0.15) is 0 Å². The predicted molar refractivity (Wildman–Crippen MR) is 72.6 cm³/mol. The lowest BCUT2D eigenvalue weighted by molar-refractivity contribution is -0.151. The molecule has 1 rings (SSSR count). The summed E-state index contributed by atoms with van der Waals surface area (Å²) in [5.74, 6) is 0.166. The maximum absolute atomic E-state index is 11.8. The number of rotatable bonds is 6. The van der Waals surface area contributed by atoms with Crippen molar-refractivity contribution in [3.63, 3.8) is 0 Å². The molecule has 1 saturated carbocycles. The van der Waals surface area contributed by atoms with E-state index in [1.54, 1.807) is 13.8 Å². The van der Waals surface area contributed by atoms with Crippen LogP contribution in [0.15, 0.2) is 0 Å². The first kappa shape index (κ1) is 16.0. The van der Waals surface area contributed by atoms with Crippen LogP contribution in [0.3, 0.4) is 0 Å². The second kappa shape index (κ2) is 7.51. The van der Waals surface area contributed by atoms with Crippen LogP contribution in [0, 0.1) is 11.3 Å². The molecular formula is C15H26O4. The second-order valence-corrected chi connectivity index (χ2v) is 5.67. The molecule has 110 valence electrons. The van der Waals surface area contributed by atoms with Gasteiger partial charge in [-0.05, 0) is 38.0 Å². The van der Waals surface area contributed by atoms with Crippen LogP contribution >= 0.6 is 0 Å². The Morgan fingerprint density at radius 2 is 1.63 bits per heavy atom. The van der Waals surface area contributed by atoms with Gasteiger partial charge in [0, 0.05) is 0 Å². The average Bonchev–Trinajstić information content (AvgIpc) is 2.28. The van der Waals surface area contributed by atoms with Gasteiger partial charge in [-0.25, -0.2) is 0 Å². The van der Waals surface area contributed by atoms with Crippen molar-refractivity contribution in [2.45, 2.75) is 59.3 Å². The van der Waals surface area contributed by atoms with Gasteiger partial charge in [0.05, 0.1) is 26.1 Å². The Morgan fingerprint density at radius 1 is 1.11 bits per heavy atom. The van der Waals surface area contributed by atoms with Crippen LogP contribution in [0.2, 0.25) is 0 Å². The molecule has 0 spiro atoms. The highest BCUT2D eigenvalue weighted by Gasteiger charge is 2.39. The molecule has 0 N–H and O–H groups in total. The van der Waals surface area contributed by atoms with Gasteiger partial charge in [-0.2, -0.15) is 0 Å². The van der Waals surface area contributed by atoms with E-state index in [4.69, 9.17) is 9.47 Å². The van der Waals surface area contributed by atoms with E-state index in [0.717, 1.165) is 19.3 Å². The minimum absolute atomic E-state index is 0.194. The molecule has 0 bridgehead atoms. The van der Waals surface area contributed by atoms with E-state index >= 15 is 0 Å². The quantitative estimate of drug-likeness (QED) is 0.696. The normalized spacial score (nSPS) is 21.7. The fraction of sp³-hybridized carbons (Fsp3) is 0.867. The summed E-state index contributed by atoms with van der Waals surface area (Å²) >= 11 is 0. The third-order valence-corrected chi connectivity index (χ3v) is 3.83. The zero-order valence-electron chi connectivity index (χ0n) is 12.4. The van der Waals surface area contributed by atoms with Gasteiger partial charge in [0.2, 0.25) is 0 Å². The van der Waals surface area contributed by atoms with Crippen molar-refractivity contribution in [3.05, 3.63) is 0 Å². The molecule has 0 amide bonds. The fourth-order valence-corrected chi connectivity index (χ4v) is 3.19. The van der Waals surface area contributed by atoms with Crippen molar-refractivity contribution >= 4 is 11.9 Å². The van der Waals surface area contributed by atoms with Crippen molar-refractivity contribution in [2.24, 2.45) is 11.3 Å². The van der Waals surface area contributed by atoms with Crippen LogP contribution in [0.25, 0.3) is 0 Å². The highest BCUT2D eigenvalue weighted by molar-refractivity contribution is 5.74. The molecule has 0 aliphatic heterocycles. The Bertz CT molecular complexity index is 291. The first-order valence-electron chi connectivity index (χ1n) is 7.32. The van der Waals surface area contributed by atoms with E-state index in [1.165, 1.54) is 6.42 Å². The second-order valence-electron chi connectivity index (χ2n) is 5.67. The number of ether oxygens (including phenoxy) is 2. The zero-order chi connectivity index (χ0) is 14.3. The zero-order valence-corrected chi connectivity index (χ0v) is 12.4. The van der Waals surface area contributed by atoms with Crippen molar-refractivity contribution in [1.29, 1.82) is 0 Å². The SMILES string of the molecule is CCOC(=O)CC1(CC(=O)OCC)CCCC(C)C1. The summed E-state index contributed by atoms with van der Waals surface area (Å²) in [7, 11) is 0. The van der Waals surface area contributed by atoms with Crippen LogP contribution in [-0.4, -0.2) is 25.2 Å². The molecule has 4 nitrogen and oxygen atoms in total. The van der Waals surface area contributed by atoms with Gasteiger partial charge in [0.15, 0.2) is 0 Å². The molecule has 0 heterocycles. The summed E-state index contributed by atoms with van der Waals surface area (Å²) in [6.45, 7) is 6.58. The summed E-state index contributed by atoms with van der Waals surface area (Å²) < 4.78 is 10.1. The number of carbonyl (C=O) groups is 2. The van der Waals surface area contributed by atoms with Gasteiger partial charge in [-0.3, -0.25) is 9.59 Å². The summed E-state index contributed by atoms with van der Waals surface area (Å²) in [5.41, 5.74) is -0.254. The monoisotopic (exact) mass is 270 g/mol. The molecule has 1 unspecified atom stereocenters. The van der Waals surface area contributed by atoms with Crippen molar-refractivity contribution in [3.8, 4) is 0 Å². The average molecular weight is 270 g/mol. The highest BCUT2D eigenvalue weighted by atomic mass is 16.5. The lowest BCUT2D eigenvalue weighted by Gasteiger charge is -2.38. The van der Waals surface area contributed by atoms with Crippen LogP contribution < -0.4 is 0 Å². The standard InChI is InChI=1S/C15H26O4/c1-4-18-13(16)10-15(11-14(17)19-5-2)8-6-7-12(3)9-15/h12H,4-11H2,1-3H3. The van der Waals surface area contributed by atoms with Crippen molar-refractivity contribution < 1.29 is 19.1 Å². The molecule has 19 heavy (non-hydrogen) atoms. The largest absolute Gasteiger partial charge is 0.466 e. The van der Waals surface area contributed by atoms with E-state index < -0.39 is 0 Å². The molecule has 0 saturated heterocycles. The van der Waals surface area contributed by atoms with Gasteiger partial charge in [-0.1, -0.05) is 19.8 Å². The van der Waals surface area contributed by atoms with Crippen molar-refractivity contribution in [1.82, 2.24) is 0 Å². The predicted octanol–water partition coefficient (Wildman–Crippen LogP) is 3.09. The topological polar surface area (TPSA) is 52.6 Å². The highest BCUT2D eigenvalue weighted by Crippen LogP contribution is 2.45. The smallest absolute Gasteiger partial charge is 0.306 e. The van der Waals surface area contributed by atoms with E-state index in [9.17, 15) is 9.59 Å². The molecule has 1 fully saturated rings. The Kier molecular flexibility index (Phi) is 6.32. The van der Waals surface area contributed by atoms with Gasteiger partial charge in [-0.15, -0.1) is 0 Å². The van der Waals surface area contributed by atoms with Gasteiger partial charge < -0.3 is 9.47 Å². The molecular weight excluding hydrogens is 244 g/mol. The first-order chi connectivity index (χ1) is 9.01. The molecule has 0 aromatic carbocycles. The van der Waals surface area contributed by atoms with Gasteiger partial charge >= 0.3 is 11.9 Å². The third kappa shape index (κ3) is 5.21. The minimum atomic E-state index is -0.254. The molecule has 4 heteroatoms. The maximum atomic E-state index is 11.8. The number of carbonyl (C=O) groups excluding carboxylic acids is 2. The Balaban J connectivity index is 2.71. The minimum Gasteiger partial charge on any atom is -0.466 e. The molecule has 0 aromatic heterocycles. The lowest BCUT2D eigenvalue weighted by Crippen LogP contribution is -2.34. The van der Waals surface area contributed by atoms with Crippen LogP contribution in [-0.2, 0) is 19.1 Å². The Hall–Kier alpha value is -1.06. The van der Waals surface area contributed by atoms with E-state index in [1.807, 2.05) is 0 Å². The molecule has 0 aromatic rings. The fourth-order valence-electron chi connectivity index (χ4n) is 3.19. The molecule has 1 aliphatic rings. The maximum Gasteiger partial charge on any atom is 0.306 e. The van der Waals surface area contributed by atoms with E-state index in [-0.39, 0.29) is 17.4 Å². The summed E-state index contributed by atoms with van der Waals surface area (Å²) in [6.07, 6.45) is 4.74. The number of hydrogen-bond donors (Lipinski definition) is 0. The van der Waals surface area contributed by atoms with E-state index in [2.05, 4.69) is 6.92 Å². The first-order valence-corrected chi connectivity index (χ1v) is 7.32. The summed E-state index contributed by atoms with van der Waals surface area (Å²) in [5, 5.41) is 0. The third-order valence-electron chi connectivity index (χ3n) is 3.83. The van der Waals surface area contributed by atoms with Crippen LogP contribution in [0.5, 0.6) is 0 Å². The Labute approximate surface area is 115 Å². The summed E-state index contributed by atoms with van der Waals surface area (Å²) in [6, 6.07) is 0. The van der Waals surface area contributed by atoms with Crippen LogP contribution in [0.4, 0.5) is 0 Å². The number of hydrogen-bond acceptors (Lipinski definition) is 4. The summed E-state index contributed by atoms with van der Waals surface area (Å²) in [4.78, 5) is 23.6. The number of esters is 2. The van der Waals surface area contributed by atoms with E-state index in [0.29, 0.717) is 32.0 Å². The molecule has 1 aliphatic carbocycles. The lowest BCUT2D eigenvalue weighted by atomic mass is 9.66. The van der Waals surface area contributed by atoms with Crippen LogP contribution in [0.1, 0.15) is 59.3 Å². The van der Waals surface area contributed by atoms with Gasteiger partial charge in [0.25, 0.3) is 0 Å².